The summed E-state index contributed by atoms with van der Waals surface area (Å²) in [7, 11) is 0. The van der Waals surface area contributed by atoms with Crippen LogP contribution in [0.1, 0.15) is 0 Å². The number of hydrogen-bond acceptors (Lipinski definition) is 4. The Kier molecular flexibility index (Phi) is 5.74. The number of benzene rings is 6. The van der Waals surface area contributed by atoms with Gasteiger partial charge in [0, 0.05) is 33.4 Å². The SMILES string of the molecule is c1ccc(-c2nc(-c3ccccc3)nc(-c3cccc(-c4nc5cccc6c5n4-c4ccccc4-c4ccccc4-6)c3)n2)cc1. The molecule has 0 radical (unpaired) electrons. The van der Waals surface area contributed by atoms with Crippen molar-refractivity contribution in [2.75, 3.05) is 0 Å². The van der Waals surface area contributed by atoms with E-state index in [9.17, 15) is 0 Å². The van der Waals surface area contributed by atoms with Crippen LogP contribution in [0.2, 0.25) is 0 Å². The number of imidazole rings is 1. The molecule has 9 rings (SSSR count). The molecule has 0 amide bonds. The first-order chi connectivity index (χ1) is 22.3. The molecule has 0 fully saturated rings. The van der Waals surface area contributed by atoms with Crippen LogP contribution in [-0.2, 0) is 0 Å². The quantitative estimate of drug-likeness (QED) is 0.210. The molecule has 2 aromatic heterocycles. The number of hydrogen-bond donors (Lipinski definition) is 0. The molecule has 0 N–H and O–H groups in total. The van der Waals surface area contributed by atoms with Crippen LogP contribution in [0.25, 0.3) is 84.5 Å². The normalized spacial score (nSPS) is 11.6. The standard InChI is InChI=1S/C40H25N5/c1-3-13-26(14-4-1)37-42-38(27-15-5-2-6-16-27)44-39(43-37)28-17-11-18-29(25-28)40-41-34-23-12-22-33-31-20-8-7-19-30(31)32-21-9-10-24-35(32)45(40)36(33)34/h1-25H. The van der Waals surface area contributed by atoms with Crippen molar-refractivity contribution in [3.05, 3.63) is 152 Å². The number of aromatic nitrogens is 5. The fourth-order valence-corrected chi connectivity index (χ4v) is 6.36. The fourth-order valence-electron chi connectivity index (χ4n) is 6.36. The first-order valence-electron chi connectivity index (χ1n) is 15.0. The minimum atomic E-state index is 0.616. The van der Waals surface area contributed by atoms with Crippen molar-refractivity contribution in [3.63, 3.8) is 0 Å². The molecule has 8 aromatic rings. The highest BCUT2D eigenvalue weighted by Crippen LogP contribution is 2.45. The Morgan fingerprint density at radius 3 is 1.53 bits per heavy atom. The molecule has 0 saturated carbocycles. The minimum absolute atomic E-state index is 0.616. The Morgan fingerprint density at radius 1 is 0.356 bits per heavy atom. The molecule has 5 heteroatoms. The van der Waals surface area contributed by atoms with Gasteiger partial charge in [0.1, 0.15) is 5.82 Å². The van der Waals surface area contributed by atoms with E-state index >= 15 is 0 Å². The predicted octanol–water partition coefficient (Wildman–Crippen LogP) is 9.53. The summed E-state index contributed by atoms with van der Waals surface area (Å²) in [6.45, 7) is 0. The fraction of sp³-hybridized carbons (Fsp3) is 0. The van der Waals surface area contributed by atoms with Crippen molar-refractivity contribution in [2.24, 2.45) is 0 Å². The van der Waals surface area contributed by atoms with E-state index in [4.69, 9.17) is 19.9 Å². The van der Waals surface area contributed by atoms with E-state index in [1.54, 1.807) is 0 Å². The van der Waals surface area contributed by atoms with Crippen LogP contribution in [0.4, 0.5) is 0 Å². The Labute approximate surface area is 260 Å². The van der Waals surface area contributed by atoms with E-state index in [2.05, 4.69) is 95.6 Å². The Balaban J connectivity index is 1.27. The van der Waals surface area contributed by atoms with Crippen molar-refractivity contribution >= 4 is 11.0 Å². The number of para-hydroxylation sites is 2. The van der Waals surface area contributed by atoms with Gasteiger partial charge < -0.3 is 0 Å². The summed E-state index contributed by atoms with van der Waals surface area (Å²) < 4.78 is 2.32. The summed E-state index contributed by atoms with van der Waals surface area (Å²) >= 11 is 0. The first-order valence-corrected chi connectivity index (χ1v) is 15.0. The summed E-state index contributed by atoms with van der Waals surface area (Å²) in [6.07, 6.45) is 0. The molecule has 0 aliphatic carbocycles. The van der Waals surface area contributed by atoms with E-state index in [-0.39, 0.29) is 0 Å². The molecule has 0 unspecified atom stereocenters. The molecule has 3 heterocycles. The monoisotopic (exact) mass is 575 g/mol. The van der Waals surface area contributed by atoms with Crippen LogP contribution < -0.4 is 0 Å². The van der Waals surface area contributed by atoms with Crippen molar-refractivity contribution in [3.8, 4) is 73.5 Å². The van der Waals surface area contributed by atoms with Gasteiger partial charge in [-0.3, -0.25) is 4.57 Å². The molecule has 0 bridgehead atoms. The molecule has 6 aromatic carbocycles. The van der Waals surface area contributed by atoms with Gasteiger partial charge in [-0.2, -0.15) is 0 Å². The summed E-state index contributed by atoms with van der Waals surface area (Å²) in [4.78, 5) is 20.1. The van der Waals surface area contributed by atoms with E-state index in [0.717, 1.165) is 44.8 Å². The molecular formula is C40H25N5. The third-order valence-electron chi connectivity index (χ3n) is 8.41. The predicted molar refractivity (Wildman–Crippen MR) is 181 cm³/mol. The number of rotatable bonds is 4. The largest absolute Gasteiger partial charge is 0.291 e. The van der Waals surface area contributed by atoms with Crippen LogP contribution in [0, 0.1) is 0 Å². The minimum Gasteiger partial charge on any atom is -0.291 e. The topological polar surface area (TPSA) is 56.5 Å². The first kappa shape index (κ1) is 25.3. The Morgan fingerprint density at radius 2 is 0.844 bits per heavy atom. The van der Waals surface area contributed by atoms with Gasteiger partial charge in [0.25, 0.3) is 0 Å². The highest BCUT2D eigenvalue weighted by molar-refractivity contribution is 6.03. The maximum atomic E-state index is 5.24. The van der Waals surface area contributed by atoms with Crippen molar-refractivity contribution in [1.29, 1.82) is 0 Å². The van der Waals surface area contributed by atoms with Crippen LogP contribution >= 0.6 is 0 Å². The van der Waals surface area contributed by atoms with E-state index in [0.29, 0.717) is 17.5 Å². The van der Waals surface area contributed by atoms with E-state index in [1.807, 2.05) is 60.7 Å². The van der Waals surface area contributed by atoms with Crippen molar-refractivity contribution in [1.82, 2.24) is 24.5 Å². The Hall–Kier alpha value is -6.20. The van der Waals surface area contributed by atoms with E-state index in [1.165, 1.54) is 22.3 Å². The molecule has 1 aliphatic heterocycles. The molecule has 0 saturated heterocycles. The molecule has 1 aliphatic rings. The summed E-state index contributed by atoms with van der Waals surface area (Å²) in [5.41, 5.74) is 11.7. The third kappa shape index (κ3) is 4.17. The maximum absolute atomic E-state index is 5.24. The molecule has 0 spiro atoms. The molecule has 0 atom stereocenters. The van der Waals surface area contributed by atoms with Crippen molar-refractivity contribution in [2.45, 2.75) is 0 Å². The number of fused-ring (bicyclic) bond motifs is 5. The molecule has 5 nitrogen and oxygen atoms in total. The van der Waals surface area contributed by atoms with Crippen LogP contribution in [0.5, 0.6) is 0 Å². The highest BCUT2D eigenvalue weighted by atomic mass is 15.1. The molecule has 45 heavy (non-hydrogen) atoms. The zero-order chi connectivity index (χ0) is 29.7. The average molecular weight is 576 g/mol. The van der Waals surface area contributed by atoms with Gasteiger partial charge in [0.15, 0.2) is 17.5 Å². The summed E-state index contributed by atoms with van der Waals surface area (Å²) in [5, 5.41) is 0. The zero-order valence-corrected chi connectivity index (χ0v) is 24.2. The maximum Gasteiger partial charge on any atom is 0.164 e. The van der Waals surface area contributed by atoms with Gasteiger partial charge >= 0.3 is 0 Å². The zero-order valence-electron chi connectivity index (χ0n) is 24.2. The van der Waals surface area contributed by atoms with Gasteiger partial charge in [-0.05, 0) is 29.3 Å². The smallest absolute Gasteiger partial charge is 0.164 e. The summed E-state index contributed by atoms with van der Waals surface area (Å²) in [5.74, 6) is 2.77. The second kappa shape index (κ2) is 10.2. The average Bonchev–Trinajstić information content (AvgIpc) is 3.46. The van der Waals surface area contributed by atoms with Crippen molar-refractivity contribution < 1.29 is 0 Å². The van der Waals surface area contributed by atoms with Crippen LogP contribution in [0.15, 0.2) is 152 Å². The third-order valence-corrected chi connectivity index (χ3v) is 8.41. The van der Waals surface area contributed by atoms with Crippen LogP contribution in [-0.4, -0.2) is 24.5 Å². The Bertz CT molecular complexity index is 2320. The lowest BCUT2D eigenvalue weighted by molar-refractivity contribution is 1.07. The van der Waals surface area contributed by atoms with E-state index < -0.39 is 0 Å². The number of nitrogens with zero attached hydrogens (tertiary/aromatic N) is 5. The van der Waals surface area contributed by atoms with Gasteiger partial charge in [0.2, 0.25) is 0 Å². The second-order valence-electron chi connectivity index (χ2n) is 11.1. The molecular weight excluding hydrogens is 550 g/mol. The van der Waals surface area contributed by atoms with Gasteiger partial charge in [-0.25, -0.2) is 19.9 Å². The highest BCUT2D eigenvalue weighted by Gasteiger charge is 2.25. The lowest BCUT2D eigenvalue weighted by atomic mass is 9.94. The summed E-state index contributed by atoms with van der Waals surface area (Å²) in [6, 6.07) is 52.1. The second-order valence-corrected chi connectivity index (χ2v) is 11.1. The lowest BCUT2D eigenvalue weighted by Crippen LogP contribution is -2.01. The van der Waals surface area contributed by atoms with Crippen LogP contribution in [0.3, 0.4) is 0 Å². The van der Waals surface area contributed by atoms with Gasteiger partial charge in [-0.1, -0.05) is 133 Å². The molecule has 210 valence electrons. The van der Waals surface area contributed by atoms with Gasteiger partial charge in [-0.15, -0.1) is 0 Å². The lowest BCUT2D eigenvalue weighted by Gasteiger charge is -2.14. The van der Waals surface area contributed by atoms with Gasteiger partial charge in [0.05, 0.1) is 16.7 Å².